The molecule has 6 nitrogen and oxygen atoms in total. The fourth-order valence-electron chi connectivity index (χ4n) is 7.97. The van der Waals surface area contributed by atoms with Gasteiger partial charge in [-0.15, -0.1) is 0 Å². The van der Waals surface area contributed by atoms with Gasteiger partial charge in [-0.2, -0.15) is 0 Å². The SMILES string of the molecule is c1ccc(-c2cccc(-n3c4ccccc4c4cc5c(cc43)c3ccccc3n5-c3ccc(-c4nc(-c5ccccc5)nc(-c5ccccc5)n4)cc3)n2)cc1. The largest absolute Gasteiger partial charge is 0.309 e. The Hall–Kier alpha value is -7.70. The molecule has 0 spiro atoms. The van der Waals surface area contributed by atoms with E-state index in [1.807, 2.05) is 66.7 Å². The van der Waals surface area contributed by atoms with Crippen LogP contribution >= 0.6 is 0 Å². The lowest BCUT2D eigenvalue weighted by Crippen LogP contribution is -2.00. The minimum absolute atomic E-state index is 0.630. The summed E-state index contributed by atoms with van der Waals surface area (Å²) in [5.74, 6) is 2.81. The topological polar surface area (TPSA) is 61.4 Å². The van der Waals surface area contributed by atoms with Gasteiger partial charge in [0.1, 0.15) is 5.82 Å². The highest BCUT2D eigenvalue weighted by molar-refractivity contribution is 6.19. The lowest BCUT2D eigenvalue weighted by Gasteiger charge is -2.11. The monoisotopic (exact) mass is 716 g/mol. The van der Waals surface area contributed by atoms with Gasteiger partial charge < -0.3 is 4.57 Å². The second-order valence-electron chi connectivity index (χ2n) is 13.9. The van der Waals surface area contributed by atoms with Gasteiger partial charge in [-0.1, -0.05) is 133 Å². The van der Waals surface area contributed by atoms with Gasteiger partial charge in [0, 0.05) is 49.5 Å². The lowest BCUT2D eigenvalue weighted by molar-refractivity contribution is 1.07. The standard InChI is InChI=1S/C50H32N6/c1-4-15-33(16-5-1)42-23-14-26-47(51-42)56-44-25-13-11-22-39(44)41-31-45-40(32-46(41)56)38-21-10-12-24-43(38)55(45)37-29-27-36(28-30-37)50-53-48(34-17-6-2-7-18-34)52-49(54-50)35-19-8-3-9-20-35/h1-32H. The molecule has 7 aromatic carbocycles. The van der Waals surface area contributed by atoms with Gasteiger partial charge in [-0.05, 0) is 60.7 Å². The molecule has 0 unspecified atom stereocenters. The van der Waals surface area contributed by atoms with Crippen molar-refractivity contribution in [2.24, 2.45) is 0 Å². The van der Waals surface area contributed by atoms with Crippen LogP contribution in [0.25, 0.3) is 101 Å². The zero-order valence-corrected chi connectivity index (χ0v) is 30.2. The molecule has 56 heavy (non-hydrogen) atoms. The number of benzene rings is 7. The van der Waals surface area contributed by atoms with E-state index in [0.29, 0.717) is 17.5 Å². The summed E-state index contributed by atoms with van der Waals surface area (Å²) in [5.41, 5.74) is 10.4. The summed E-state index contributed by atoms with van der Waals surface area (Å²) in [6, 6.07) is 67.4. The average molecular weight is 717 g/mol. The first-order chi connectivity index (χ1) is 27.8. The molecule has 0 aliphatic heterocycles. The van der Waals surface area contributed by atoms with Gasteiger partial charge in [0.05, 0.1) is 27.8 Å². The Morgan fingerprint density at radius 2 is 0.732 bits per heavy atom. The summed E-state index contributed by atoms with van der Waals surface area (Å²) < 4.78 is 4.67. The zero-order chi connectivity index (χ0) is 37.0. The van der Waals surface area contributed by atoms with Crippen molar-refractivity contribution in [3.8, 4) is 56.9 Å². The van der Waals surface area contributed by atoms with E-state index in [4.69, 9.17) is 19.9 Å². The molecule has 262 valence electrons. The number of hydrogen-bond acceptors (Lipinski definition) is 4. The average Bonchev–Trinajstić information content (AvgIpc) is 3.78. The van der Waals surface area contributed by atoms with Crippen molar-refractivity contribution in [2.45, 2.75) is 0 Å². The summed E-state index contributed by atoms with van der Waals surface area (Å²) in [5, 5.41) is 4.72. The third-order valence-electron chi connectivity index (χ3n) is 10.6. The van der Waals surface area contributed by atoms with Crippen molar-refractivity contribution in [3.05, 3.63) is 194 Å². The molecule has 11 aromatic rings. The maximum absolute atomic E-state index is 5.20. The fourth-order valence-corrected chi connectivity index (χ4v) is 7.97. The van der Waals surface area contributed by atoms with E-state index in [2.05, 4.69) is 137 Å². The van der Waals surface area contributed by atoms with Crippen LogP contribution in [-0.4, -0.2) is 29.1 Å². The molecule has 4 aromatic heterocycles. The van der Waals surface area contributed by atoms with Gasteiger partial charge in [0.2, 0.25) is 0 Å². The molecule has 0 bridgehead atoms. The Morgan fingerprint density at radius 3 is 1.29 bits per heavy atom. The first-order valence-corrected chi connectivity index (χ1v) is 18.7. The highest BCUT2D eigenvalue weighted by Crippen LogP contribution is 2.40. The summed E-state index contributed by atoms with van der Waals surface area (Å²) in [6.07, 6.45) is 0. The number of pyridine rings is 1. The fraction of sp³-hybridized carbons (Fsp3) is 0. The first-order valence-electron chi connectivity index (χ1n) is 18.7. The molecule has 4 heterocycles. The molecular formula is C50H32N6. The van der Waals surface area contributed by atoms with Crippen molar-refractivity contribution >= 4 is 43.6 Å². The number of para-hydroxylation sites is 2. The molecule has 0 saturated heterocycles. The van der Waals surface area contributed by atoms with Crippen molar-refractivity contribution in [2.75, 3.05) is 0 Å². The molecule has 0 radical (unpaired) electrons. The van der Waals surface area contributed by atoms with Gasteiger partial charge in [0.25, 0.3) is 0 Å². The molecule has 11 rings (SSSR count). The van der Waals surface area contributed by atoms with Crippen LogP contribution in [0.2, 0.25) is 0 Å². The summed E-state index contributed by atoms with van der Waals surface area (Å²) in [7, 11) is 0. The molecule has 0 aliphatic carbocycles. The number of hydrogen-bond donors (Lipinski definition) is 0. The third kappa shape index (κ3) is 5.27. The summed E-state index contributed by atoms with van der Waals surface area (Å²) in [6.45, 7) is 0. The quantitative estimate of drug-likeness (QED) is 0.172. The van der Waals surface area contributed by atoms with Crippen LogP contribution in [0.5, 0.6) is 0 Å². The molecule has 0 aliphatic rings. The van der Waals surface area contributed by atoms with Crippen LogP contribution in [0.3, 0.4) is 0 Å². The van der Waals surface area contributed by atoms with E-state index < -0.39 is 0 Å². The van der Waals surface area contributed by atoms with Crippen molar-refractivity contribution in [1.29, 1.82) is 0 Å². The molecule has 0 atom stereocenters. The van der Waals surface area contributed by atoms with Crippen LogP contribution in [0.1, 0.15) is 0 Å². The molecule has 0 saturated carbocycles. The van der Waals surface area contributed by atoms with Crippen molar-refractivity contribution < 1.29 is 0 Å². The minimum Gasteiger partial charge on any atom is -0.309 e. The van der Waals surface area contributed by atoms with E-state index in [-0.39, 0.29) is 0 Å². The Labute approximate surface area is 322 Å². The minimum atomic E-state index is 0.630. The Balaban J connectivity index is 1.08. The molecule has 0 fully saturated rings. The molecule has 6 heteroatoms. The van der Waals surface area contributed by atoms with Crippen molar-refractivity contribution in [3.63, 3.8) is 0 Å². The van der Waals surface area contributed by atoms with E-state index in [0.717, 1.165) is 61.5 Å². The number of aromatic nitrogens is 6. The maximum Gasteiger partial charge on any atom is 0.164 e. The second kappa shape index (κ2) is 13.0. The van der Waals surface area contributed by atoms with Crippen LogP contribution in [-0.2, 0) is 0 Å². The zero-order valence-electron chi connectivity index (χ0n) is 30.2. The third-order valence-corrected chi connectivity index (χ3v) is 10.6. The number of nitrogens with zero attached hydrogens (tertiary/aromatic N) is 6. The van der Waals surface area contributed by atoms with E-state index >= 15 is 0 Å². The van der Waals surface area contributed by atoms with Gasteiger partial charge in [0.15, 0.2) is 17.5 Å². The number of fused-ring (bicyclic) bond motifs is 6. The van der Waals surface area contributed by atoms with Crippen molar-refractivity contribution in [1.82, 2.24) is 29.1 Å². The number of rotatable bonds is 6. The maximum atomic E-state index is 5.20. The van der Waals surface area contributed by atoms with Crippen LogP contribution in [0, 0.1) is 0 Å². The first kappa shape index (κ1) is 31.8. The summed E-state index contributed by atoms with van der Waals surface area (Å²) in [4.78, 5) is 20.0. The molecule has 0 N–H and O–H groups in total. The van der Waals surface area contributed by atoms with E-state index in [1.165, 1.54) is 21.5 Å². The van der Waals surface area contributed by atoms with Crippen LogP contribution < -0.4 is 0 Å². The molecular weight excluding hydrogens is 685 g/mol. The second-order valence-corrected chi connectivity index (χ2v) is 13.9. The van der Waals surface area contributed by atoms with Gasteiger partial charge in [-0.25, -0.2) is 19.9 Å². The van der Waals surface area contributed by atoms with Crippen LogP contribution in [0.4, 0.5) is 0 Å². The van der Waals surface area contributed by atoms with Crippen LogP contribution in [0.15, 0.2) is 194 Å². The Morgan fingerprint density at radius 1 is 0.286 bits per heavy atom. The predicted molar refractivity (Wildman–Crippen MR) is 228 cm³/mol. The van der Waals surface area contributed by atoms with Gasteiger partial charge >= 0.3 is 0 Å². The van der Waals surface area contributed by atoms with E-state index in [1.54, 1.807) is 0 Å². The smallest absolute Gasteiger partial charge is 0.164 e. The Bertz CT molecular complexity index is 3160. The molecule has 0 amide bonds. The highest BCUT2D eigenvalue weighted by atomic mass is 15.1. The Kier molecular flexibility index (Phi) is 7.38. The normalized spacial score (nSPS) is 11.6. The predicted octanol–water partition coefficient (Wildman–Crippen LogP) is 12.1. The summed E-state index contributed by atoms with van der Waals surface area (Å²) >= 11 is 0. The highest BCUT2D eigenvalue weighted by Gasteiger charge is 2.20. The lowest BCUT2D eigenvalue weighted by atomic mass is 10.1. The van der Waals surface area contributed by atoms with Gasteiger partial charge in [-0.3, -0.25) is 4.57 Å². The van der Waals surface area contributed by atoms with E-state index in [9.17, 15) is 0 Å².